The fourth-order valence-corrected chi connectivity index (χ4v) is 3.10. The number of aromatic nitrogens is 1. The summed E-state index contributed by atoms with van der Waals surface area (Å²) < 4.78 is 29.6. The summed E-state index contributed by atoms with van der Waals surface area (Å²) in [6, 6.07) is 10.8. The summed E-state index contributed by atoms with van der Waals surface area (Å²) in [5.41, 5.74) is 1.66. The first-order valence-electron chi connectivity index (χ1n) is 9.33. The molecule has 2 aromatic rings. The topological polar surface area (TPSA) is 61.8 Å². The van der Waals surface area contributed by atoms with Crippen LogP contribution in [0.2, 0.25) is 0 Å². The number of benzene rings is 1. The number of hydrogen-bond donors (Lipinski definition) is 2. The highest BCUT2D eigenvalue weighted by Crippen LogP contribution is 2.20. The first kappa shape index (κ1) is 23.1. The molecule has 1 aliphatic heterocycles. The Kier molecular flexibility index (Phi) is 9.36. The van der Waals surface area contributed by atoms with E-state index in [0.29, 0.717) is 24.6 Å². The lowest BCUT2D eigenvalue weighted by molar-refractivity contribution is -0.0504. The molecule has 6 nitrogen and oxygen atoms in total. The molecule has 0 saturated carbocycles. The van der Waals surface area contributed by atoms with Gasteiger partial charge in [0.1, 0.15) is 11.6 Å². The second kappa shape index (κ2) is 11.7. The van der Waals surface area contributed by atoms with Crippen LogP contribution in [0.3, 0.4) is 0 Å². The quantitative estimate of drug-likeness (QED) is 0.333. The molecule has 0 spiro atoms. The SMILES string of the molecule is CN=C(NCc1ccc(N2CCCC2)nc1)NCc1ccccc1OC(F)F.I. The number of nitrogens with one attached hydrogen (secondary N) is 2. The van der Waals surface area contributed by atoms with Gasteiger partial charge in [-0.3, -0.25) is 4.99 Å². The van der Waals surface area contributed by atoms with Crippen LogP contribution in [0.4, 0.5) is 14.6 Å². The predicted octanol–water partition coefficient (Wildman–Crippen LogP) is 3.77. The number of guanidine groups is 1. The Morgan fingerprint density at radius 3 is 2.52 bits per heavy atom. The van der Waals surface area contributed by atoms with E-state index < -0.39 is 6.61 Å². The van der Waals surface area contributed by atoms with Crippen molar-refractivity contribution in [3.8, 4) is 5.75 Å². The standard InChI is InChI=1S/C20H25F2N5O.HI/c1-23-20(26-14-16-6-2-3-7-17(16)28-19(21)22)25-13-15-8-9-18(24-12-15)27-10-4-5-11-27;/h2-3,6-9,12,19H,4-5,10-11,13-14H2,1H3,(H2,23,25,26);1H. The molecule has 0 atom stereocenters. The average molecular weight is 517 g/mol. The van der Waals surface area contributed by atoms with E-state index in [-0.39, 0.29) is 29.7 Å². The Labute approximate surface area is 186 Å². The van der Waals surface area contributed by atoms with Gasteiger partial charge in [0, 0.05) is 45.0 Å². The number of aliphatic imine (C=N–C) groups is 1. The van der Waals surface area contributed by atoms with Crippen LogP contribution in [0.15, 0.2) is 47.6 Å². The Hall–Kier alpha value is -2.17. The van der Waals surface area contributed by atoms with Crippen molar-refractivity contribution >= 4 is 35.8 Å². The van der Waals surface area contributed by atoms with Crippen molar-refractivity contribution in [2.75, 3.05) is 25.0 Å². The number of halogens is 3. The third-order valence-electron chi connectivity index (χ3n) is 4.56. The van der Waals surface area contributed by atoms with Gasteiger partial charge in [-0.2, -0.15) is 8.78 Å². The number of alkyl halides is 2. The van der Waals surface area contributed by atoms with Gasteiger partial charge >= 0.3 is 6.61 Å². The normalized spacial score (nSPS) is 13.9. The fraction of sp³-hybridized carbons (Fsp3) is 0.400. The minimum absolute atomic E-state index is 0. The van der Waals surface area contributed by atoms with Gasteiger partial charge in [-0.25, -0.2) is 4.98 Å². The molecule has 9 heteroatoms. The first-order chi connectivity index (χ1) is 13.7. The van der Waals surface area contributed by atoms with Crippen LogP contribution >= 0.6 is 24.0 Å². The van der Waals surface area contributed by atoms with Gasteiger partial charge in [-0.1, -0.05) is 24.3 Å². The molecule has 2 heterocycles. The van der Waals surface area contributed by atoms with E-state index in [9.17, 15) is 8.78 Å². The molecule has 0 unspecified atom stereocenters. The Morgan fingerprint density at radius 1 is 1.14 bits per heavy atom. The summed E-state index contributed by atoms with van der Waals surface area (Å²) in [5, 5.41) is 6.31. The van der Waals surface area contributed by atoms with Gasteiger partial charge in [0.2, 0.25) is 0 Å². The van der Waals surface area contributed by atoms with Gasteiger partial charge in [-0.05, 0) is 30.5 Å². The molecule has 1 saturated heterocycles. The summed E-state index contributed by atoms with van der Waals surface area (Å²) in [7, 11) is 1.66. The summed E-state index contributed by atoms with van der Waals surface area (Å²) in [6.45, 7) is 0.154. The third kappa shape index (κ3) is 6.98. The molecular formula is C20H26F2IN5O. The van der Waals surface area contributed by atoms with Crippen molar-refractivity contribution in [1.29, 1.82) is 0 Å². The lowest BCUT2D eigenvalue weighted by Gasteiger charge is -2.17. The predicted molar refractivity (Wildman–Crippen MR) is 121 cm³/mol. The number of pyridine rings is 1. The third-order valence-corrected chi connectivity index (χ3v) is 4.56. The highest BCUT2D eigenvalue weighted by molar-refractivity contribution is 14.0. The van der Waals surface area contributed by atoms with Crippen LogP contribution in [0, 0.1) is 0 Å². The smallest absolute Gasteiger partial charge is 0.387 e. The second-order valence-corrected chi connectivity index (χ2v) is 6.48. The lowest BCUT2D eigenvalue weighted by Crippen LogP contribution is -2.36. The fourth-order valence-electron chi connectivity index (χ4n) is 3.10. The molecule has 29 heavy (non-hydrogen) atoms. The minimum atomic E-state index is -2.85. The van der Waals surface area contributed by atoms with Crippen LogP contribution in [0.25, 0.3) is 0 Å². The molecule has 1 aliphatic rings. The summed E-state index contributed by atoms with van der Waals surface area (Å²) >= 11 is 0. The summed E-state index contributed by atoms with van der Waals surface area (Å²) in [4.78, 5) is 11.0. The number of anilines is 1. The van der Waals surface area contributed by atoms with E-state index in [1.54, 1.807) is 25.2 Å². The second-order valence-electron chi connectivity index (χ2n) is 6.48. The zero-order chi connectivity index (χ0) is 19.8. The van der Waals surface area contributed by atoms with Crippen molar-refractivity contribution in [3.05, 3.63) is 53.7 Å². The number of ether oxygens (including phenoxy) is 1. The molecule has 0 radical (unpaired) electrons. The van der Waals surface area contributed by atoms with Gasteiger partial charge in [-0.15, -0.1) is 24.0 Å². The number of nitrogens with zero attached hydrogens (tertiary/aromatic N) is 3. The monoisotopic (exact) mass is 517 g/mol. The van der Waals surface area contributed by atoms with Crippen molar-refractivity contribution in [1.82, 2.24) is 15.6 Å². The lowest BCUT2D eigenvalue weighted by atomic mass is 10.2. The zero-order valence-electron chi connectivity index (χ0n) is 16.3. The maximum Gasteiger partial charge on any atom is 0.387 e. The Bertz CT molecular complexity index is 783. The van der Waals surface area contributed by atoms with Gasteiger partial charge in [0.05, 0.1) is 0 Å². The van der Waals surface area contributed by atoms with Crippen LogP contribution in [-0.4, -0.2) is 37.7 Å². The zero-order valence-corrected chi connectivity index (χ0v) is 18.6. The van der Waals surface area contributed by atoms with E-state index in [1.807, 2.05) is 18.3 Å². The first-order valence-corrected chi connectivity index (χ1v) is 9.33. The molecule has 1 fully saturated rings. The molecule has 2 N–H and O–H groups in total. The molecule has 0 amide bonds. The Morgan fingerprint density at radius 2 is 1.86 bits per heavy atom. The van der Waals surface area contributed by atoms with Crippen LogP contribution < -0.4 is 20.3 Å². The van der Waals surface area contributed by atoms with Crippen molar-refractivity contribution in [2.45, 2.75) is 32.5 Å². The Balaban J connectivity index is 0.00000300. The average Bonchev–Trinajstić information content (AvgIpc) is 3.24. The van der Waals surface area contributed by atoms with Crippen LogP contribution in [0.5, 0.6) is 5.75 Å². The highest BCUT2D eigenvalue weighted by atomic mass is 127. The number of para-hydroxylation sites is 1. The van der Waals surface area contributed by atoms with Crippen molar-refractivity contribution in [3.63, 3.8) is 0 Å². The molecule has 158 valence electrons. The highest BCUT2D eigenvalue weighted by Gasteiger charge is 2.13. The maximum absolute atomic E-state index is 12.5. The van der Waals surface area contributed by atoms with Crippen LogP contribution in [0.1, 0.15) is 24.0 Å². The van der Waals surface area contributed by atoms with Gasteiger partial charge < -0.3 is 20.3 Å². The molecular weight excluding hydrogens is 491 g/mol. The number of hydrogen-bond acceptors (Lipinski definition) is 4. The molecule has 1 aromatic heterocycles. The van der Waals surface area contributed by atoms with Crippen molar-refractivity contribution in [2.24, 2.45) is 4.99 Å². The molecule has 0 bridgehead atoms. The summed E-state index contributed by atoms with van der Waals surface area (Å²) in [6.07, 6.45) is 4.30. The molecule has 0 aliphatic carbocycles. The van der Waals surface area contributed by atoms with Crippen molar-refractivity contribution < 1.29 is 13.5 Å². The van der Waals surface area contributed by atoms with Gasteiger partial charge in [0.25, 0.3) is 0 Å². The summed E-state index contributed by atoms with van der Waals surface area (Å²) in [5.74, 6) is 1.73. The van der Waals surface area contributed by atoms with Gasteiger partial charge in [0.15, 0.2) is 5.96 Å². The molecule has 3 rings (SSSR count). The van der Waals surface area contributed by atoms with E-state index in [0.717, 1.165) is 24.5 Å². The number of rotatable bonds is 7. The van der Waals surface area contributed by atoms with E-state index in [2.05, 4.69) is 30.2 Å². The van der Waals surface area contributed by atoms with E-state index >= 15 is 0 Å². The molecule has 1 aromatic carbocycles. The van der Waals surface area contributed by atoms with E-state index in [4.69, 9.17) is 0 Å². The minimum Gasteiger partial charge on any atom is -0.434 e. The maximum atomic E-state index is 12.5. The van der Waals surface area contributed by atoms with E-state index in [1.165, 1.54) is 18.9 Å². The van der Waals surface area contributed by atoms with Crippen LogP contribution in [-0.2, 0) is 13.1 Å². The largest absolute Gasteiger partial charge is 0.434 e.